The third-order valence-electron chi connectivity index (χ3n) is 3.70. The Labute approximate surface area is 97.5 Å². The summed E-state index contributed by atoms with van der Waals surface area (Å²) in [7, 11) is 0. The van der Waals surface area contributed by atoms with Crippen LogP contribution in [0.4, 0.5) is 0 Å². The normalized spacial score (nSPS) is 20.9. The Balaban J connectivity index is 2.25. The number of hydrogen-bond acceptors (Lipinski definition) is 3. The van der Waals surface area contributed by atoms with Crippen LogP contribution in [0.15, 0.2) is 12.3 Å². The Morgan fingerprint density at radius 2 is 2.12 bits per heavy atom. The second kappa shape index (κ2) is 4.50. The summed E-state index contributed by atoms with van der Waals surface area (Å²) in [5.41, 5.74) is 6.97. The summed E-state index contributed by atoms with van der Waals surface area (Å²) < 4.78 is 0. The van der Waals surface area contributed by atoms with Crippen LogP contribution in [0.5, 0.6) is 0 Å². The minimum absolute atomic E-state index is 0.394. The first-order valence-corrected chi connectivity index (χ1v) is 6.26. The van der Waals surface area contributed by atoms with Crippen molar-refractivity contribution in [3.05, 3.63) is 23.8 Å². The molecule has 0 spiro atoms. The lowest BCUT2D eigenvalue weighted by molar-refractivity contribution is 0.441. The molecule has 1 aromatic heterocycles. The van der Waals surface area contributed by atoms with Crippen LogP contribution in [0.2, 0.25) is 0 Å². The lowest BCUT2D eigenvalue weighted by Crippen LogP contribution is -2.34. The van der Waals surface area contributed by atoms with E-state index in [0.29, 0.717) is 5.92 Å². The van der Waals surface area contributed by atoms with Crippen molar-refractivity contribution in [3.8, 4) is 0 Å². The van der Waals surface area contributed by atoms with Gasteiger partial charge in [0.1, 0.15) is 5.82 Å². The summed E-state index contributed by atoms with van der Waals surface area (Å²) in [6.07, 6.45) is 7.92. The van der Waals surface area contributed by atoms with Crippen molar-refractivity contribution < 1.29 is 0 Å². The van der Waals surface area contributed by atoms with Crippen molar-refractivity contribution in [1.29, 1.82) is 0 Å². The number of hydrogen-bond donors (Lipinski definition) is 1. The molecule has 1 aliphatic carbocycles. The number of nitrogens with zero attached hydrogens (tertiary/aromatic N) is 2. The summed E-state index contributed by atoms with van der Waals surface area (Å²) >= 11 is 0. The molecule has 0 saturated heterocycles. The standard InChI is InChI=1S/C13H21N3/c1-3-13(2,14)12-15-9-8-11(16-12)10-6-4-5-7-10/h8-10H,3-7,14H2,1-2H3. The molecule has 0 amide bonds. The molecule has 1 unspecified atom stereocenters. The van der Waals surface area contributed by atoms with Gasteiger partial charge in [0.25, 0.3) is 0 Å². The van der Waals surface area contributed by atoms with E-state index >= 15 is 0 Å². The molecule has 1 atom stereocenters. The van der Waals surface area contributed by atoms with Gasteiger partial charge in [-0.25, -0.2) is 9.97 Å². The lowest BCUT2D eigenvalue weighted by Gasteiger charge is -2.21. The van der Waals surface area contributed by atoms with Crippen LogP contribution >= 0.6 is 0 Å². The maximum atomic E-state index is 6.18. The summed E-state index contributed by atoms with van der Waals surface area (Å²) in [6, 6.07) is 2.05. The molecule has 0 aliphatic heterocycles. The van der Waals surface area contributed by atoms with Crippen molar-refractivity contribution in [2.75, 3.05) is 0 Å². The molecule has 0 bridgehead atoms. The van der Waals surface area contributed by atoms with Crippen LogP contribution in [0.25, 0.3) is 0 Å². The highest BCUT2D eigenvalue weighted by molar-refractivity contribution is 5.13. The first kappa shape index (κ1) is 11.5. The summed E-state index contributed by atoms with van der Waals surface area (Å²) in [5.74, 6) is 1.42. The van der Waals surface area contributed by atoms with Gasteiger partial charge in [0.05, 0.1) is 5.54 Å². The Kier molecular flexibility index (Phi) is 3.24. The summed E-state index contributed by atoms with van der Waals surface area (Å²) in [6.45, 7) is 4.08. The van der Waals surface area contributed by atoms with Crippen molar-refractivity contribution >= 4 is 0 Å². The van der Waals surface area contributed by atoms with E-state index < -0.39 is 5.54 Å². The fourth-order valence-corrected chi connectivity index (χ4v) is 2.25. The van der Waals surface area contributed by atoms with Crippen LogP contribution in [-0.4, -0.2) is 9.97 Å². The Morgan fingerprint density at radius 1 is 1.44 bits per heavy atom. The van der Waals surface area contributed by atoms with Gasteiger partial charge in [0, 0.05) is 17.8 Å². The van der Waals surface area contributed by atoms with E-state index in [0.717, 1.165) is 12.2 Å². The lowest BCUT2D eigenvalue weighted by atomic mass is 9.98. The van der Waals surface area contributed by atoms with Gasteiger partial charge in [-0.05, 0) is 32.3 Å². The van der Waals surface area contributed by atoms with Gasteiger partial charge in [-0.2, -0.15) is 0 Å². The minimum atomic E-state index is -0.394. The van der Waals surface area contributed by atoms with Crippen molar-refractivity contribution in [1.82, 2.24) is 9.97 Å². The van der Waals surface area contributed by atoms with Gasteiger partial charge in [-0.15, -0.1) is 0 Å². The highest BCUT2D eigenvalue weighted by Crippen LogP contribution is 2.33. The number of nitrogens with two attached hydrogens (primary N) is 1. The molecular formula is C13H21N3. The summed E-state index contributed by atoms with van der Waals surface area (Å²) in [4.78, 5) is 8.98. The maximum Gasteiger partial charge on any atom is 0.148 e. The van der Waals surface area contributed by atoms with Gasteiger partial charge in [0.2, 0.25) is 0 Å². The van der Waals surface area contributed by atoms with Gasteiger partial charge < -0.3 is 5.73 Å². The van der Waals surface area contributed by atoms with Gasteiger partial charge in [0.15, 0.2) is 0 Å². The minimum Gasteiger partial charge on any atom is -0.319 e. The predicted octanol–water partition coefficient (Wildman–Crippen LogP) is 2.72. The fraction of sp³-hybridized carbons (Fsp3) is 0.692. The quantitative estimate of drug-likeness (QED) is 0.850. The third kappa shape index (κ3) is 2.24. The topological polar surface area (TPSA) is 51.8 Å². The number of aromatic nitrogens is 2. The maximum absolute atomic E-state index is 6.18. The van der Waals surface area contributed by atoms with Crippen molar-refractivity contribution in [2.45, 2.75) is 57.4 Å². The van der Waals surface area contributed by atoms with Gasteiger partial charge in [-0.1, -0.05) is 19.8 Å². The second-order valence-corrected chi connectivity index (χ2v) is 5.06. The van der Waals surface area contributed by atoms with Crippen LogP contribution in [0.1, 0.15) is 63.4 Å². The first-order chi connectivity index (χ1) is 7.63. The van der Waals surface area contributed by atoms with Crippen molar-refractivity contribution in [3.63, 3.8) is 0 Å². The third-order valence-corrected chi connectivity index (χ3v) is 3.70. The smallest absolute Gasteiger partial charge is 0.148 e. The molecule has 3 heteroatoms. The Morgan fingerprint density at radius 3 is 2.75 bits per heavy atom. The predicted molar refractivity (Wildman–Crippen MR) is 65.1 cm³/mol. The average Bonchev–Trinajstić information content (AvgIpc) is 2.83. The molecule has 2 rings (SSSR count). The van der Waals surface area contributed by atoms with E-state index in [4.69, 9.17) is 5.73 Å². The van der Waals surface area contributed by atoms with Crippen LogP contribution in [-0.2, 0) is 5.54 Å². The highest BCUT2D eigenvalue weighted by atomic mass is 15.0. The monoisotopic (exact) mass is 219 g/mol. The molecule has 2 N–H and O–H groups in total. The molecule has 88 valence electrons. The van der Waals surface area contributed by atoms with E-state index in [2.05, 4.69) is 16.9 Å². The SMILES string of the molecule is CCC(C)(N)c1nccc(C2CCCC2)n1. The highest BCUT2D eigenvalue weighted by Gasteiger charge is 2.24. The molecule has 1 aromatic rings. The van der Waals surface area contributed by atoms with Crippen LogP contribution < -0.4 is 5.73 Å². The Bertz CT molecular complexity index is 354. The molecule has 0 radical (unpaired) electrons. The Hall–Kier alpha value is -0.960. The van der Waals surface area contributed by atoms with Gasteiger partial charge in [-0.3, -0.25) is 0 Å². The van der Waals surface area contributed by atoms with E-state index in [1.165, 1.54) is 31.4 Å². The number of rotatable bonds is 3. The molecule has 1 saturated carbocycles. The average molecular weight is 219 g/mol. The zero-order chi connectivity index (χ0) is 11.6. The molecule has 16 heavy (non-hydrogen) atoms. The molecular weight excluding hydrogens is 198 g/mol. The summed E-state index contributed by atoms with van der Waals surface area (Å²) in [5, 5.41) is 0. The molecule has 1 heterocycles. The zero-order valence-electron chi connectivity index (χ0n) is 10.2. The van der Waals surface area contributed by atoms with E-state index in [-0.39, 0.29) is 0 Å². The first-order valence-electron chi connectivity index (χ1n) is 6.26. The van der Waals surface area contributed by atoms with Crippen LogP contribution in [0, 0.1) is 0 Å². The second-order valence-electron chi connectivity index (χ2n) is 5.06. The van der Waals surface area contributed by atoms with Gasteiger partial charge >= 0.3 is 0 Å². The molecule has 1 fully saturated rings. The van der Waals surface area contributed by atoms with E-state index in [1.54, 1.807) is 0 Å². The largest absolute Gasteiger partial charge is 0.319 e. The van der Waals surface area contributed by atoms with E-state index in [1.807, 2.05) is 19.2 Å². The fourth-order valence-electron chi connectivity index (χ4n) is 2.25. The van der Waals surface area contributed by atoms with Crippen LogP contribution in [0.3, 0.4) is 0 Å². The zero-order valence-corrected chi connectivity index (χ0v) is 10.2. The van der Waals surface area contributed by atoms with E-state index in [9.17, 15) is 0 Å². The molecule has 3 nitrogen and oxygen atoms in total. The molecule has 1 aliphatic rings. The molecule has 0 aromatic carbocycles. The van der Waals surface area contributed by atoms with Crippen molar-refractivity contribution in [2.24, 2.45) is 5.73 Å².